The summed E-state index contributed by atoms with van der Waals surface area (Å²) >= 11 is 4.75. The summed E-state index contributed by atoms with van der Waals surface area (Å²) < 4.78 is 10.3. The quantitative estimate of drug-likeness (QED) is 0.644. The van der Waals surface area contributed by atoms with E-state index in [0.29, 0.717) is 22.7 Å². The lowest BCUT2D eigenvalue weighted by Crippen LogP contribution is -2.17. The SMILES string of the molecule is C=S(C)NCCNc1cc(=O)c2scc(Br)c2o1. The molecule has 7 heteroatoms. The van der Waals surface area contributed by atoms with E-state index in [9.17, 15) is 4.79 Å². The molecule has 18 heavy (non-hydrogen) atoms. The Bertz CT molecular complexity index is 635. The summed E-state index contributed by atoms with van der Waals surface area (Å²) in [6, 6.07) is 1.49. The van der Waals surface area contributed by atoms with Crippen LogP contribution in [0.25, 0.3) is 10.3 Å². The van der Waals surface area contributed by atoms with Crippen LogP contribution in [0.2, 0.25) is 0 Å². The molecule has 2 N–H and O–H groups in total. The lowest BCUT2D eigenvalue weighted by molar-refractivity contribution is 0.613. The van der Waals surface area contributed by atoms with Crippen molar-refractivity contribution < 1.29 is 4.42 Å². The average Bonchev–Trinajstić information content (AvgIpc) is 2.67. The summed E-state index contributed by atoms with van der Waals surface area (Å²) in [5, 5.41) is 4.93. The smallest absolute Gasteiger partial charge is 0.204 e. The zero-order valence-electron chi connectivity index (χ0n) is 9.79. The number of halogens is 1. The fraction of sp³-hybridized carbons (Fsp3) is 0.273. The zero-order valence-corrected chi connectivity index (χ0v) is 13.0. The third kappa shape index (κ3) is 3.23. The van der Waals surface area contributed by atoms with Crippen molar-refractivity contribution >= 4 is 60.0 Å². The minimum Gasteiger partial charge on any atom is -0.438 e. The molecule has 0 spiro atoms. The van der Waals surface area contributed by atoms with Gasteiger partial charge in [-0.05, 0) is 22.2 Å². The van der Waals surface area contributed by atoms with Crippen molar-refractivity contribution in [2.75, 3.05) is 24.7 Å². The molecule has 0 aliphatic carbocycles. The molecule has 0 aliphatic rings. The van der Waals surface area contributed by atoms with E-state index in [1.807, 2.05) is 11.6 Å². The number of hydrogen-bond donors (Lipinski definition) is 2. The Kier molecular flexibility index (Phi) is 4.60. The molecule has 0 fully saturated rings. The number of hydrogen-bond acceptors (Lipinski definition) is 5. The van der Waals surface area contributed by atoms with E-state index in [-0.39, 0.29) is 16.1 Å². The van der Waals surface area contributed by atoms with E-state index in [1.165, 1.54) is 17.4 Å². The van der Waals surface area contributed by atoms with E-state index in [4.69, 9.17) is 4.42 Å². The number of rotatable bonds is 5. The maximum Gasteiger partial charge on any atom is 0.204 e. The molecule has 0 amide bonds. The first-order chi connectivity index (χ1) is 8.58. The zero-order chi connectivity index (χ0) is 13.1. The fourth-order valence-electron chi connectivity index (χ4n) is 1.41. The second-order valence-corrected chi connectivity index (χ2v) is 6.97. The minimum absolute atomic E-state index is 0.0187. The van der Waals surface area contributed by atoms with Crippen LogP contribution in [-0.4, -0.2) is 25.2 Å². The van der Waals surface area contributed by atoms with Gasteiger partial charge in [0.25, 0.3) is 0 Å². The highest BCUT2D eigenvalue weighted by molar-refractivity contribution is 9.10. The second-order valence-electron chi connectivity index (χ2n) is 3.68. The molecular weight excluding hydrogens is 336 g/mol. The Morgan fingerprint density at radius 2 is 2.33 bits per heavy atom. The number of nitrogens with one attached hydrogen (secondary N) is 2. The third-order valence-electron chi connectivity index (χ3n) is 2.17. The maximum atomic E-state index is 11.8. The van der Waals surface area contributed by atoms with Crippen LogP contribution in [0, 0.1) is 0 Å². The van der Waals surface area contributed by atoms with Crippen LogP contribution in [-0.2, 0) is 0 Å². The van der Waals surface area contributed by atoms with Crippen LogP contribution in [0.4, 0.5) is 5.88 Å². The van der Waals surface area contributed by atoms with Crippen LogP contribution in [0.15, 0.2) is 25.1 Å². The van der Waals surface area contributed by atoms with Crippen LogP contribution in [0.5, 0.6) is 0 Å². The van der Waals surface area contributed by atoms with Gasteiger partial charge >= 0.3 is 0 Å². The summed E-state index contributed by atoms with van der Waals surface area (Å²) in [5.74, 6) is 4.35. The Balaban J connectivity index is 2.12. The summed E-state index contributed by atoms with van der Waals surface area (Å²) in [6.45, 7) is 1.46. The van der Waals surface area contributed by atoms with Crippen molar-refractivity contribution in [3.05, 3.63) is 26.1 Å². The van der Waals surface area contributed by atoms with Crippen LogP contribution < -0.4 is 15.5 Å². The standard InChI is InChI=1S/C11H13BrN2O2S2/c1-18(2)14-4-3-13-9-5-8(15)11-10(16-9)7(12)6-17-11/h5-6,13-14H,1,3-4H2,2H3. The van der Waals surface area contributed by atoms with E-state index in [2.05, 4.69) is 31.8 Å². The van der Waals surface area contributed by atoms with Gasteiger partial charge in [-0.2, -0.15) is 0 Å². The first-order valence-electron chi connectivity index (χ1n) is 5.22. The molecule has 0 aromatic carbocycles. The monoisotopic (exact) mass is 348 g/mol. The van der Waals surface area contributed by atoms with Crippen molar-refractivity contribution in [3.63, 3.8) is 0 Å². The molecule has 2 heterocycles. The van der Waals surface area contributed by atoms with Crippen molar-refractivity contribution in [2.45, 2.75) is 0 Å². The predicted molar refractivity (Wildman–Crippen MR) is 85.2 cm³/mol. The van der Waals surface area contributed by atoms with Crippen molar-refractivity contribution in [2.24, 2.45) is 0 Å². The van der Waals surface area contributed by atoms with Gasteiger partial charge in [0.05, 0.1) is 4.47 Å². The summed E-state index contributed by atoms with van der Waals surface area (Å²) in [7, 11) is -0.0355. The molecule has 98 valence electrons. The topological polar surface area (TPSA) is 54.3 Å². The molecule has 0 saturated carbocycles. The Hall–Kier alpha value is -0.630. The van der Waals surface area contributed by atoms with Crippen LogP contribution >= 0.6 is 37.9 Å². The van der Waals surface area contributed by atoms with Gasteiger partial charge in [-0.25, -0.2) is 0 Å². The van der Waals surface area contributed by atoms with Gasteiger partial charge in [0.1, 0.15) is 4.70 Å². The van der Waals surface area contributed by atoms with Gasteiger partial charge in [0.15, 0.2) is 11.5 Å². The molecule has 4 nitrogen and oxygen atoms in total. The number of anilines is 1. The molecule has 0 saturated heterocycles. The highest BCUT2D eigenvalue weighted by atomic mass is 79.9. The Labute approximate surface area is 120 Å². The van der Waals surface area contributed by atoms with Gasteiger partial charge < -0.3 is 9.73 Å². The number of thiophene rings is 1. The molecule has 2 rings (SSSR count). The van der Waals surface area contributed by atoms with Gasteiger partial charge in [0, 0.05) is 24.5 Å². The van der Waals surface area contributed by atoms with Crippen LogP contribution in [0.3, 0.4) is 0 Å². The fourth-order valence-corrected chi connectivity index (χ4v) is 3.32. The van der Waals surface area contributed by atoms with Crippen molar-refractivity contribution in [1.29, 1.82) is 0 Å². The van der Waals surface area contributed by atoms with Gasteiger partial charge in [-0.15, -0.1) is 22.0 Å². The Morgan fingerprint density at radius 1 is 1.56 bits per heavy atom. The lowest BCUT2D eigenvalue weighted by atomic mass is 10.4. The summed E-state index contributed by atoms with van der Waals surface area (Å²) in [6.07, 6.45) is 2.01. The summed E-state index contributed by atoms with van der Waals surface area (Å²) in [4.78, 5) is 11.8. The average molecular weight is 349 g/mol. The molecule has 0 aliphatic heterocycles. The van der Waals surface area contributed by atoms with Gasteiger partial charge in [-0.3, -0.25) is 9.52 Å². The maximum absolute atomic E-state index is 11.8. The number of fused-ring (bicyclic) bond motifs is 1. The Morgan fingerprint density at radius 3 is 3.06 bits per heavy atom. The molecule has 0 bridgehead atoms. The molecule has 1 atom stereocenters. The first kappa shape index (κ1) is 13.8. The minimum atomic E-state index is -0.0355. The van der Waals surface area contributed by atoms with E-state index in [1.54, 1.807) is 0 Å². The van der Waals surface area contributed by atoms with Gasteiger partial charge in [-0.1, -0.05) is 5.87 Å². The molecule has 2 aromatic heterocycles. The molecule has 0 radical (unpaired) electrons. The summed E-state index contributed by atoms with van der Waals surface area (Å²) in [5.41, 5.74) is 0.588. The molecule has 1 unspecified atom stereocenters. The van der Waals surface area contributed by atoms with E-state index < -0.39 is 0 Å². The lowest BCUT2D eigenvalue weighted by Gasteiger charge is -2.06. The van der Waals surface area contributed by atoms with E-state index in [0.717, 1.165) is 11.0 Å². The first-order valence-corrected chi connectivity index (χ1v) is 8.69. The van der Waals surface area contributed by atoms with Crippen molar-refractivity contribution in [3.8, 4) is 0 Å². The third-order valence-corrected chi connectivity index (χ3v) is 4.74. The largest absolute Gasteiger partial charge is 0.438 e. The molecule has 2 aromatic rings. The molecular formula is C11H13BrN2O2S2. The van der Waals surface area contributed by atoms with E-state index >= 15 is 0 Å². The second kappa shape index (κ2) is 6.01. The van der Waals surface area contributed by atoms with Crippen LogP contribution in [0.1, 0.15) is 0 Å². The highest BCUT2D eigenvalue weighted by Gasteiger charge is 2.09. The highest BCUT2D eigenvalue weighted by Crippen LogP contribution is 2.29. The predicted octanol–water partition coefficient (Wildman–Crippen LogP) is 2.86. The van der Waals surface area contributed by atoms with Gasteiger partial charge in [0.2, 0.25) is 5.43 Å². The van der Waals surface area contributed by atoms with Crippen molar-refractivity contribution in [1.82, 2.24) is 4.72 Å². The normalized spacial score (nSPS) is 12.8.